The second-order valence-corrected chi connectivity index (χ2v) is 5.27. The molecule has 0 fully saturated rings. The summed E-state index contributed by atoms with van der Waals surface area (Å²) < 4.78 is 6.19. The molecule has 1 unspecified atom stereocenters. The van der Waals surface area contributed by atoms with Crippen LogP contribution in [0.5, 0.6) is 5.75 Å². The van der Waals surface area contributed by atoms with Gasteiger partial charge in [0, 0.05) is 9.50 Å². The molecule has 0 amide bonds. The van der Waals surface area contributed by atoms with E-state index in [9.17, 15) is 0 Å². The molecule has 0 spiro atoms. The Morgan fingerprint density at radius 2 is 1.95 bits per heavy atom. The molecule has 0 radical (unpaired) electrons. The second-order valence-electron chi connectivity index (χ2n) is 4.01. The lowest BCUT2D eigenvalue weighted by molar-refractivity contribution is 0.413. The zero-order chi connectivity index (χ0) is 13.8. The van der Waals surface area contributed by atoms with E-state index in [1.807, 2.05) is 42.5 Å². The van der Waals surface area contributed by atoms with Gasteiger partial charge in [-0.25, -0.2) is 5.43 Å². The molecular formula is C14H14BrClN2O. The molecule has 0 heterocycles. The van der Waals surface area contributed by atoms with E-state index in [-0.39, 0.29) is 6.04 Å². The van der Waals surface area contributed by atoms with Crippen molar-refractivity contribution in [3.63, 3.8) is 0 Å². The molecule has 3 nitrogen and oxygen atoms in total. The minimum absolute atomic E-state index is 0.210. The number of ether oxygens (including phenoxy) is 1. The largest absolute Gasteiger partial charge is 0.497 e. The molecule has 2 aromatic carbocycles. The molecule has 0 aliphatic heterocycles. The molecule has 0 aliphatic carbocycles. The maximum absolute atomic E-state index is 6.23. The van der Waals surface area contributed by atoms with Gasteiger partial charge < -0.3 is 4.74 Å². The van der Waals surface area contributed by atoms with Gasteiger partial charge in [0.15, 0.2) is 0 Å². The van der Waals surface area contributed by atoms with Crippen LogP contribution in [0.25, 0.3) is 0 Å². The second kappa shape index (κ2) is 6.39. The van der Waals surface area contributed by atoms with Crippen LogP contribution in [0, 0.1) is 0 Å². The fourth-order valence-corrected chi connectivity index (χ4v) is 2.65. The lowest BCUT2D eigenvalue weighted by Gasteiger charge is -2.20. The van der Waals surface area contributed by atoms with Gasteiger partial charge in [-0.3, -0.25) is 5.84 Å². The summed E-state index contributed by atoms with van der Waals surface area (Å²) in [5.41, 5.74) is 4.68. The van der Waals surface area contributed by atoms with Gasteiger partial charge in [-0.2, -0.15) is 0 Å². The number of hydrogen-bond acceptors (Lipinski definition) is 3. The van der Waals surface area contributed by atoms with Crippen molar-refractivity contribution in [2.45, 2.75) is 6.04 Å². The van der Waals surface area contributed by atoms with Crippen molar-refractivity contribution in [1.29, 1.82) is 0 Å². The third-order valence-electron chi connectivity index (χ3n) is 2.90. The van der Waals surface area contributed by atoms with E-state index in [2.05, 4.69) is 21.4 Å². The molecule has 2 rings (SSSR count). The zero-order valence-electron chi connectivity index (χ0n) is 10.4. The molecule has 5 heteroatoms. The van der Waals surface area contributed by atoms with Crippen molar-refractivity contribution in [3.8, 4) is 5.75 Å². The Morgan fingerprint density at radius 1 is 1.21 bits per heavy atom. The number of halogens is 2. The van der Waals surface area contributed by atoms with Gasteiger partial charge in [-0.1, -0.05) is 45.7 Å². The third kappa shape index (κ3) is 3.09. The monoisotopic (exact) mass is 340 g/mol. The van der Waals surface area contributed by atoms with Crippen molar-refractivity contribution in [2.75, 3.05) is 7.11 Å². The van der Waals surface area contributed by atoms with Gasteiger partial charge in [0.05, 0.1) is 13.2 Å². The van der Waals surface area contributed by atoms with E-state index in [0.29, 0.717) is 5.02 Å². The number of nitrogens with one attached hydrogen (secondary N) is 1. The normalized spacial score (nSPS) is 12.2. The Balaban J connectivity index is 2.51. The highest BCUT2D eigenvalue weighted by Gasteiger charge is 2.18. The molecule has 19 heavy (non-hydrogen) atoms. The fraction of sp³-hybridized carbons (Fsp3) is 0.143. The molecular weight excluding hydrogens is 328 g/mol. The number of nitrogens with two attached hydrogens (primary N) is 1. The number of hydrazine groups is 1. The minimum Gasteiger partial charge on any atom is -0.497 e. The Hall–Kier alpha value is -1.07. The highest BCUT2D eigenvalue weighted by atomic mass is 79.9. The summed E-state index contributed by atoms with van der Waals surface area (Å²) >= 11 is 9.76. The van der Waals surface area contributed by atoms with Crippen LogP contribution < -0.4 is 16.0 Å². The van der Waals surface area contributed by atoms with Crippen molar-refractivity contribution in [1.82, 2.24) is 5.43 Å². The van der Waals surface area contributed by atoms with Crippen LogP contribution in [-0.4, -0.2) is 7.11 Å². The molecule has 3 N–H and O–H groups in total. The summed E-state index contributed by atoms with van der Waals surface area (Å²) in [7, 11) is 1.63. The average molecular weight is 342 g/mol. The SMILES string of the molecule is COc1ccc(Br)c(C(NN)c2ccccc2Cl)c1. The van der Waals surface area contributed by atoms with Crippen molar-refractivity contribution >= 4 is 27.5 Å². The summed E-state index contributed by atoms with van der Waals surface area (Å²) in [4.78, 5) is 0. The van der Waals surface area contributed by atoms with Gasteiger partial charge in [0.1, 0.15) is 5.75 Å². The molecule has 0 bridgehead atoms. The number of methoxy groups -OCH3 is 1. The van der Waals surface area contributed by atoms with E-state index >= 15 is 0 Å². The first-order valence-corrected chi connectivity index (χ1v) is 6.88. The number of rotatable bonds is 4. The van der Waals surface area contributed by atoms with E-state index in [1.54, 1.807) is 7.11 Å². The molecule has 2 aromatic rings. The van der Waals surface area contributed by atoms with Crippen LogP contribution in [0.3, 0.4) is 0 Å². The quantitative estimate of drug-likeness (QED) is 0.659. The first-order chi connectivity index (χ1) is 9.17. The van der Waals surface area contributed by atoms with Crippen LogP contribution in [-0.2, 0) is 0 Å². The maximum Gasteiger partial charge on any atom is 0.119 e. The van der Waals surface area contributed by atoms with Crippen LogP contribution in [0.2, 0.25) is 5.02 Å². The highest BCUT2D eigenvalue weighted by molar-refractivity contribution is 9.10. The summed E-state index contributed by atoms with van der Waals surface area (Å²) in [5, 5.41) is 0.667. The summed E-state index contributed by atoms with van der Waals surface area (Å²) in [6.07, 6.45) is 0. The summed E-state index contributed by atoms with van der Waals surface area (Å²) in [5.74, 6) is 6.46. The van der Waals surface area contributed by atoms with Gasteiger partial charge in [0.2, 0.25) is 0 Å². The van der Waals surface area contributed by atoms with E-state index in [1.165, 1.54) is 0 Å². The smallest absolute Gasteiger partial charge is 0.119 e. The first-order valence-electron chi connectivity index (χ1n) is 5.71. The Kier molecular flexibility index (Phi) is 4.82. The predicted octanol–water partition coefficient (Wildman–Crippen LogP) is 3.66. The van der Waals surface area contributed by atoms with Gasteiger partial charge in [0.25, 0.3) is 0 Å². The highest BCUT2D eigenvalue weighted by Crippen LogP contribution is 2.34. The van der Waals surface area contributed by atoms with Crippen molar-refractivity contribution in [2.24, 2.45) is 5.84 Å². The van der Waals surface area contributed by atoms with Crippen LogP contribution in [0.1, 0.15) is 17.2 Å². The zero-order valence-corrected chi connectivity index (χ0v) is 12.7. The molecule has 0 saturated heterocycles. The molecule has 0 aromatic heterocycles. The maximum atomic E-state index is 6.23. The lowest BCUT2D eigenvalue weighted by Crippen LogP contribution is -2.29. The van der Waals surface area contributed by atoms with Crippen molar-refractivity contribution < 1.29 is 4.74 Å². The van der Waals surface area contributed by atoms with Crippen molar-refractivity contribution in [3.05, 3.63) is 63.1 Å². The fourth-order valence-electron chi connectivity index (χ4n) is 1.93. The molecule has 0 aliphatic rings. The van der Waals surface area contributed by atoms with Crippen LogP contribution in [0.15, 0.2) is 46.9 Å². The van der Waals surface area contributed by atoms with Gasteiger partial charge in [-0.05, 0) is 35.4 Å². The average Bonchev–Trinajstić information content (AvgIpc) is 2.43. The summed E-state index contributed by atoms with van der Waals surface area (Å²) in [6, 6.07) is 13.1. The first kappa shape index (κ1) is 14.3. The van der Waals surface area contributed by atoms with E-state index in [0.717, 1.165) is 21.3 Å². The number of benzene rings is 2. The predicted molar refractivity (Wildman–Crippen MR) is 81.3 cm³/mol. The lowest BCUT2D eigenvalue weighted by atomic mass is 9.99. The Bertz CT molecular complexity index is 577. The molecule has 1 atom stereocenters. The summed E-state index contributed by atoms with van der Waals surface area (Å²) in [6.45, 7) is 0. The van der Waals surface area contributed by atoms with Crippen LogP contribution >= 0.6 is 27.5 Å². The standard InChI is InChI=1S/C14H14BrClN2O/c1-19-9-6-7-12(15)11(8-9)14(18-17)10-4-2-3-5-13(10)16/h2-8,14,18H,17H2,1H3. The van der Waals surface area contributed by atoms with E-state index < -0.39 is 0 Å². The minimum atomic E-state index is -0.210. The van der Waals surface area contributed by atoms with Crippen LogP contribution in [0.4, 0.5) is 0 Å². The third-order valence-corrected chi connectivity index (χ3v) is 3.96. The van der Waals surface area contributed by atoms with E-state index in [4.69, 9.17) is 22.2 Å². The molecule has 100 valence electrons. The topological polar surface area (TPSA) is 47.3 Å². The number of hydrogen-bond donors (Lipinski definition) is 2. The Morgan fingerprint density at radius 3 is 2.58 bits per heavy atom. The molecule has 0 saturated carbocycles. The van der Waals surface area contributed by atoms with Gasteiger partial charge in [-0.15, -0.1) is 0 Å². The Labute approximate surface area is 125 Å². The van der Waals surface area contributed by atoms with Gasteiger partial charge >= 0.3 is 0 Å².